The van der Waals surface area contributed by atoms with Crippen molar-refractivity contribution in [2.24, 2.45) is 10.8 Å². The fourth-order valence-corrected chi connectivity index (χ4v) is 11.5. The zero-order valence-electron chi connectivity index (χ0n) is 63.6. The van der Waals surface area contributed by atoms with Crippen LogP contribution in [0.25, 0.3) is 0 Å². The lowest BCUT2D eigenvalue weighted by Gasteiger charge is -2.50. The maximum Gasteiger partial charge on any atom is 0.338 e. The van der Waals surface area contributed by atoms with Crippen LogP contribution in [0, 0.1) is 10.8 Å². The molecular weight excluding hydrogens is 1310 g/mol. The van der Waals surface area contributed by atoms with Crippen LogP contribution in [0.5, 0.6) is 0 Å². The highest BCUT2D eigenvalue weighted by atomic mass is 16.6. The topological polar surface area (TPSA) is 210 Å². The van der Waals surface area contributed by atoms with Crippen molar-refractivity contribution in [2.75, 3.05) is 0 Å². The van der Waals surface area contributed by atoms with E-state index in [1.165, 1.54) is 0 Å². The van der Waals surface area contributed by atoms with Crippen molar-refractivity contribution in [1.29, 1.82) is 0 Å². The Hall–Kier alpha value is -10.5. The van der Waals surface area contributed by atoms with Gasteiger partial charge in [0.1, 0.15) is 29.0 Å². The van der Waals surface area contributed by atoms with E-state index in [-0.39, 0.29) is 0 Å². The van der Waals surface area contributed by atoms with Gasteiger partial charge in [-0.05, 0) is 178 Å². The molecular formula is C88H104O16. The van der Waals surface area contributed by atoms with Gasteiger partial charge in [-0.2, -0.15) is 0 Å². The molecule has 8 aromatic carbocycles. The van der Waals surface area contributed by atoms with Gasteiger partial charge in [-0.15, -0.1) is 0 Å². The fourth-order valence-electron chi connectivity index (χ4n) is 11.5. The van der Waals surface area contributed by atoms with Crippen LogP contribution in [0.1, 0.15) is 233 Å². The molecule has 0 aliphatic carbocycles. The number of carbonyl (C=O) groups excluding carboxylic acids is 8. The van der Waals surface area contributed by atoms with Gasteiger partial charge >= 0.3 is 47.8 Å². The Morgan fingerprint density at radius 3 is 0.750 bits per heavy atom. The minimum atomic E-state index is -1.07. The summed E-state index contributed by atoms with van der Waals surface area (Å²) in [5.74, 6) is -3.46. The summed E-state index contributed by atoms with van der Waals surface area (Å²) in [6, 6.07) is 70.5. The molecule has 0 heterocycles. The molecule has 552 valence electrons. The number of benzene rings is 8. The number of carbonyl (C=O) groups is 8. The van der Waals surface area contributed by atoms with E-state index in [0.29, 0.717) is 70.2 Å². The van der Waals surface area contributed by atoms with Crippen molar-refractivity contribution in [2.45, 2.75) is 196 Å². The van der Waals surface area contributed by atoms with Crippen molar-refractivity contribution in [1.82, 2.24) is 0 Å². The van der Waals surface area contributed by atoms with Crippen LogP contribution in [-0.2, 0) is 37.9 Å². The Morgan fingerprint density at radius 1 is 0.260 bits per heavy atom. The van der Waals surface area contributed by atoms with Gasteiger partial charge in [0.15, 0.2) is 16.8 Å². The van der Waals surface area contributed by atoms with Gasteiger partial charge in [0.25, 0.3) is 0 Å². The Bertz CT molecular complexity index is 3960. The molecule has 8 rings (SSSR count). The predicted molar refractivity (Wildman–Crippen MR) is 404 cm³/mol. The number of esters is 8. The van der Waals surface area contributed by atoms with Crippen LogP contribution < -0.4 is 0 Å². The highest BCUT2D eigenvalue weighted by Crippen LogP contribution is 2.45. The molecule has 0 aliphatic rings. The second-order valence-corrected chi connectivity index (χ2v) is 28.5. The van der Waals surface area contributed by atoms with Crippen LogP contribution in [-0.4, -0.2) is 93.6 Å². The summed E-state index contributed by atoms with van der Waals surface area (Å²) < 4.78 is 46.4. The second-order valence-electron chi connectivity index (χ2n) is 28.5. The second kappa shape index (κ2) is 37.6. The third kappa shape index (κ3) is 22.3. The fraction of sp³-hybridized carbons (Fsp3) is 0.364. The lowest BCUT2D eigenvalue weighted by molar-refractivity contribution is -0.180. The van der Waals surface area contributed by atoms with E-state index in [1.54, 1.807) is 243 Å². The highest BCUT2D eigenvalue weighted by Gasteiger charge is 2.56. The molecule has 16 heteroatoms. The summed E-state index contributed by atoms with van der Waals surface area (Å²) in [5, 5.41) is 0. The molecule has 4 unspecified atom stereocenters. The molecule has 0 spiro atoms. The zero-order valence-corrected chi connectivity index (χ0v) is 63.6. The van der Waals surface area contributed by atoms with E-state index in [0.717, 1.165) is 0 Å². The van der Waals surface area contributed by atoms with Crippen molar-refractivity contribution in [3.8, 4) is 0 Å². The minimum absolute atomic E-state index is 0.410. The average molecular weight is 1420 g/mol. The van der Waals surface area contributed by atoms with Gasteiger partial charge in [-0.3, -0.25) is 0 Å². The summed E-state index contributed by atoms with van der Waals surface area (Å²) in [6.07, 6.45) is 0.941. The Morgan fingerprint density at radius 2 is 0.490 bits per heavy atom. The summed E-state index contributed by atoms with van der Waals surface area (Å²) >= 11 is 0. The Balaban J connectivity index is 0.000000249. The first-order valence-electron chi connectivity index (χ1n) is 35.2. The van der Waals surface area contributed by atoms with Crippen molar-refractivity contribution < 1.29 is 76.3 Å². The van der Waals surface area contributed by atoms with Crippen molar-refractivity contribution in [3.63, 3.8) is 0 Å². The molecule has 0 bridgehead atoms. The largest absolute Gasteiger partial charge is 0.455 e. The molecule has 0 amide bonds. The third-order valence-electron chi connectivity index (χ3n) is 19.5. The first-order valence-corrected chi connectivity index (χ1v) is 35.2. The molecule has 0 N–H and O–H groups in total. The predicted octanol–water partition coefficient (Wildman–Crippen LogP) is 19.9. The van der Waals surface area contributed by atoms with E-state index in [4.69, 9.17) is 37.9 Å². The normalized spacial score (nSPS) is 13.2. The molecule has 0 aliphatic heterocycles. The van der Waals surface area contributed by atoms with Crippen molar-refractivity contribution >= 4 is 47.8 Å². The van der Waals surface area contributed by atoms with Gasteiger partial charge in [0.05, 0.1) is 44.5 Å². The van der Waals surface area contributed by atoms with Crippen LogP contribution in [0.3, 0.4) is 0 Å². The van der Waals surface area contributed by atoms with Crippen LogP contribution in [0.15, 0.2) is 243 Å². The third-order valence-corrected chi connectivity index (χ3v) is 19.5. The molecule has 8 aromatic rings. The zero-order chi connectivity index (χ0) is 77.2. The lowest BCUT2D eigenvalue weighted by atomic mass is 9.68. The Labute approximate surface area is 615 Å². The van der Waals surface area contributed by atoms with Gasteiger partial charge < -0.3 is 37.9 Å². The summed E-state index contributed by atoms with van der Waals surface area (Å²) in [6.45, 7) is 33.7. The molecule has 0 saturated carbocycles. The monoisotopic (exact) mass is 1420 g/mol. The molecule has 16 nitrogen and oxygen atoms in total. The number of hydrogen-bond donors (Lipinski definition) is 0. The summed E-state index contributed by atoms with van der Waals surface area (Å²) in [5.41, 5.74) is -3.13. The molecule has 0 saturated heterocycles. The van der Waals surface area contributed by atoms with E-state index in [9.17, 15) is 38.4 Å². The first-order chi connectivity index (χ1) is 49.0. The van der Waals surface area contributed by atoms with Crippen LogP contribution in [0.4, 0.5) is 0 Å². The summed E-state index contributed by atoms with van der Waals surface area (Å²) in [4.78, 5) is 100. The van der Waals surface area contributed by atoms with E-state index in [1.807, 2.05) is 125 Å². The summed E-state index contributed by atoms with van der Waals surface area (Å²) in [7, 11) is 0. The lowest BCUT2D eigenvalue weighted by Crippen LogP contribution is -2.60. The molecule has 0 fully saturated rings. The number of hydrogen-bond acceptors (Lipinski definition) is 16. The smallest absolute Gasteiger partial charge is 0.338 e. The molecule has 0 aromatic heterocycles. The SMILES string of the molecule is CC(C)(C)C(C)(OC(=O)c1ccccc1)C(C)(C)OC(=O)c1ccccc1.CC(OC(=O)c1ccccc1)C(C)(OC(=O)c1ccccc1)C(C)(C)C.CCC(CC)(OC(=O)c1ccccc1)C(C)(C)OC(=O)c1ccccc1.CCC(CC)(OC(=O)c1ccccc1)C(C)OC(=O)c1ccccc1. The maximum atomic E-state index is 12.7. The van der Waals surface area contributed by atoms with Gasteiger partial charge in [0, 0.05) is 10.8 Å². The van der Waals surface area contributed by atoms with Gasteiger partial charge in [-0.1, -0.05) is 215 Å². The molecule has 104 heavy (non-hydrogen) atoms. The standard InChI is InChI=1S/C23H28O4.2C22H26O4.C21H24O4/c1-21(2,3)23(6,27-20(25)18-15-11-8-12-16-18)22(4,5)26-19(24)17-13-9-7-10-14-17;1-16(25-19(23)17-12-8-6-9-13-17)22(5,21(2,3)4)26-20(24)18-14-10-7-11-15-18;1-5-22(6-2,26-20(24)18-15-11-8-12-16-18)21(3,4)25-19(23)17-13-9-7-10-14-17;1-4-21(5-2,25-20(23)18-14-10-7-11-15-18)16(3)24-19(22)17-12-8-6-9-13-17/h7-16H,1-6H3;6-16H,1-5H3;7-16H,5-6H2,1-4H3;6-16H,4-5H2,1-3H3. The molecule has 0 radical (unpaired) electrons. The van der Waals surface area contributed by atoms with E-state index in [2.05, 4.69) is 0 Å². The number of rotatable bonds is 24. The van der Waals surface area contributed by atoms with Crippen LogP contribution >= 0.6 is 0 Å². The van der Waals surface area contributed by atoms with E-state index >= 15 is 0 Å². The quantitative estimate of drug-likeness (QED) is 0.0407. The van der Waals surface area contributed by atoms with Crippen molar-refractivity contribution in [3.05, 3.63) is 287 Å². The average Bonchev–Trinajstić information content (AvgIpc) is 0.760. The van der Waals surface area contributed by atoms with Gasteiger partial charge in [-0.25, -0.2) is 38.4 Å². The maximum absolute atomic E-state index is 12.7. The highest BCUT2D eigenvalue weighted by molar-refractivity contribution is 5.94. The van der Waals surface area contributed by atoms with Crippen LogP contribution in [0.2, 0.25) is 0 Å². The number of ether oxygens (including phenoxy) is 8. The minimum Gasteiger partial charge on any atom is -0.455 e. The first kappa shape index (κ1) is 84.2. The Kier molecular flexibility index (Phi) is 30.5. The van der Waals surface area contributed by atoms with E-state index < -0.39 is 104 Å². The molecule has 4 atom stereocenters. The van der Waals surface area contributed by atoms with Gasteiger partial charge in [0.2, 0.25) is 0 Å².